The molecular formula is C34H58O7Si3. The second kappa shape index (κ2) is 13.5. The molecule has 3 aliphatic rings. The number of methoxy groups -OCH3 is 1. The molecule has 1 aromatic carbocycles. The van der Waals surface area contributed by atoms with E-state index in [2.05, 4.69) is 79.7 Å². The summed E-state index contributed by atoms with van der Waals surface area (Å²) in [7, 11) is -3.90. The number of fused-ring (bicyclic) bond motifs is 1. The van der Waals surface area contributed by atoms with Crippen LogP contribution in [0.25, 0.3) is 0 Å². The van der Waals surface area contributed by atoms with E-state index < -0.39 is 25.0 Å². The summed E-state index contributed by atoms with van der Waals surface area (Å²) < 4.78 is 38.8. The van der Waals surface area contributed by atoms with Crippen molar-refractivity contribution in [1.82, 2.24) is 0 Å². The van der Waals surface area contributed by atoms with Gasteiger partial charge in [-0.3, -0.25) is 4.79 Å². The first kappa shape index (κ1) is 35.7. The van der Waals surface area contributed by atoms with Crippen LogP contribution < -0.4 is 4.74 Å². The SMILES string of the molecule is COc1ccc2c(c1)C(=O)C(=C(C)C[C@@H]1OC[C@H](C[C@@H]3O[C@H]3[C@H](C)[C@H](C)O[Si](C)(C)C)[C@@H](O[Si](C)(C)C)[C@@H]1O[Si](C)(C)C)C2. The second-order valence-corrected chi connectivity index (χ2v) is 29.6. The fourth-order valence-corrected chi connectivity index (χ4v) is 10.3. The minimum atomic E-state index is -1.97. The minimum absolute atomic E-state index is 0.0820. The molecule has 2 aliphatic heterocycles. The van der Waals surface area contributed by atoms with Gasteiger partial charge in [-0.1, -0.05) is 18.6 Å². The zero-order valence-corrected chi connectivity index (χ0v) is 32.5. The smallest absolute Gasteiger partial charge is 0.189 e. The van der Waals surface area contributed by atoms with Crippen molar-refractivity contribution in [2.45, 2.75) is 136 Å². The van der Waals surface area contributed by atoms with E-state index in [4.69, 9.17) is 27.5 Å². The number of allylic oxidation sites excluding steroid dienone is 1. The Hall–Kier alpha value is -1.12. The molecule has 2 heterocycles. The Bertz CT molecular complexity index is 1210. The summed E-state index contributed by atoms with van der Waals surface area (Å²) in [5.41, 5.74) is 3.74. The number of hydrogen-bond acceptors (Lipinski definition) is 7. The van der Waals surface area contributed by atoms with Crippen LogP contribution in [0, 0.1) is 11.8 Å². The highest BCUT2D eigenvalue weighted by molar-refractivity contribution is 6.70. The molecule has 2 fully saturated rings. The van der Waals surface area contributed by atoms with Gasteiger partial charge in [0, 0.05) is 35.5 Å². The number of carbonyl (C=O) groups is 1. The van der Waals surface area contributed by atoms with Crippen LogP contribution in [0.4, 0.5) is 0 Å². The van der Waals surface area contributed by atoms with Crippen molar-refractivity contribution in [2.24, 2.45) is 11.8 Å². The van der Waals surface area contributed by atoms with Crippen molar-refractivity contribution in [2.75, 3.05) is 13.7 Å². The fraction of sp³-hybridized carbons (Fsp3) is 0.735. The lowest BCUT2D eigenvalue weighted by atomic mass is 9.85. The van der Waals surface area contributed by atoms with Crippen LogP contribution in [-0.2, 0) is 29.2 Å². The number of hydrogen-bond donors (Lipinski definition) is 0. The molecule has 1 aromatic rings. The first-order valence-corrected chi connectivity index (χ1v) is 26.7. The van der Waals surface area contributed by atoms with Gasteiger partial charge in [-0.2, -0.15) is 0 Å². The van der Waals surface area contributed by atoms with Gasteiger partial charge < -0.3 is 27.5 Å². The quantitative estimate of drug-likeness (QED) is 0.122. The second-order valence-electron chi connectivity index (χ2n) is 16.2. The minimum Gasteiger partial charge on any atom is -0.497 e. The maximum absolute atomic E-state index is 13.5. The molecule has 2 saturated heterocycles. The van der Waals surface area contributed by atoms with E-state index in [1.807, 2.05) is 18.2 Å². The first-order valence-electron chi connectivity index (χ1n) is 16.5. The lowest BCUT2D eigenvalue weighted by molar-refractivity contribution is -0.152. The molecule has 4 rings (SSSR count). The van der Waals surface area contributed by atoms with E-state index in [1.54, 1.807) is 7.11 Å². The third-order valence-corrected chi connectivity index (χ3v) is 11.9. The first-order chi connectivity index (χ1) is 20.3. The molecule has 0 spiro atoms. The molecule has 0 bridgehead atoms. The van der Waals surface area contributed by atoms with Crippen LogP contribution in [0.15, 0.2) is 29.3 Å². The Morgan fingerprint density at radius 2 is 1.57 bits per heavy atom. The fourth-order valence-electron chi connectivity index (χ4n) is 6.71. The number of ether oxygens (including phenoxy) is 3. The van der Waals surface area contributed by atoms with Crippen molar-refractivity contribution in [3.8, 4) is 5.75 Å². The molecule has 10 heteroatoms. The molecule has 0 N–H and O–H groups in total. The van der Waals surface area contributed by atoms with Crippen LogP contribution in [-0.4, -0.2) is 81.1 Å². The van der Waals surface area contributed by atoms with Gasteiger partial charge in [0.1, 0.15) is 5.75 Å². The molecule has 0 unspecified atom stereocenters. The van der Waals surface area contributed by atoms with Crippen LogP contribution in [0.2, 0.25) is 58.9 Å². The Morgan fingerprint density at radius 1 is 0.932 bits per heavy atom. The van der Waals surface area contributed by atoms with Crippen molar-refractivity contribution in [3.63, 3.8) is 0 Å². The molecule has 0 aromatic heterocycles. The topological polar surface area (TPSA) is 75.8 Å². The summed E-state index contributed by atoms with van der Waals surface area (Å²) in [5, 5.41) is 0. The Kier molecular flexibility index (Phi) is 11.0. The Labute approximate surface area is 269 Å². The number of benzene rings is 1. The highest BCUT2D eigenvalue weighted by Crippen LogP contribution is 2.42. The molecule has 0 saturated carbocycles. The largest absolute Gasteiger partial charge is 0.497 e. The predicted octanol–water partition coefficient (Wildman–Crippen LogP) is 7.63. The number of epoxide rings is 1. The van der Waals surface area contributed by atoms with Crippen LogP contribution in [0.1, 0.15) is 49.5 Å². The lowest BCUT2D eigenvalue weighted by Gasteiger charge is -2.47. The zero-order valence-electron chi connectivity index (χ0n) is 29.5. The summed E-state index contributed by atoms with van der Waals surface area (Å²) in [5.74, 6) is 1.31. The van der Waals surface area contributed by atoms with Gasteiger partial charge in [0.05, 0.1) is 44.2 Å². The number of ketones is 1. The third-order valence-electron chi connectivity index (χ3n) is 8.84. The summed E-state index contributed by atoms with van der Waals surface area (Å²) in [6, 6.07) is 5.80. The number of Topliss-reactive ketones (excluding diaryl/α,β-unsaturated/α-hetero) is 1. The molecule has 8 atom stereocenters. The molecule has 44 heavy (non-hydrogen) atoms. The van der Waals surface area contributed by atoms with E-state index in [9.17, 15) is 4.79 Å². The van der Waals surface area contributed by atoms with Crippen molar-refractivity contribution in [3.05, 3.63) is 40.5 Å². The highest BCUT2D eigenvalue weighted by atomic mass is 28.4. The van der Waals surface area contributed by atoms with E-state index in [1.165, 1.54) is 0 Å². The van der Waals surface area contributed by atoms with Crippen molar-refractivity contribution < 1.29 is 32.3 Å². The van der Waals surface area contributed by atoms with Crippen molar-refractivity contribution in [1.29, 1.82) is 0 Å². The average molecular weight is 663 g/mol. The van der Waals surface area contributed by atoms with Crippen LogP contribution in [0.5, 0.6) is 5.75 Å². The van der Waals surface area contributed by atoms with Gasteiger partial charge in [-0.25, -0.2) is 0 Å². The summed E-state index contributed by atoms with van der Waals surface area (Å²) in [6.45, 7) is 27.3. The van der Waals surface area contributed by atoms with Gasteiger partial charge in [-0.15, -0.1) is 0 Å². The summed E-state index contributed by atoms with van der Waals surface area (Å²) >= 11 is 0. The van der Waals surface area contributed by atoms with Crippen LogP contribution in [0.3, 0.4) is 0 Å². The Balaban J connectivity index is 1.54. The average Bonchev–Trinajstić information content (AvgIpc) is 3.58. The Morgan fingerprint density at radius 3 is 2.16 bits per heavy atom. The van der Waals surface area contributed by atoms with Gasteiger partial charge in [0.15, 0.2) is 30.7 Å². The van der Waals surface area contributed by atoms with Crippen molar-refractivity contribution >= 4 is 30.7 Å². The number of carbonyl (C=O) groups excluding carboxylic acids is 1. The summed E-state index contributed by atoms with van der Waals surface area (Å²) in [6.07, 6.45) is 2.25. The maximum atomic E-state index is 13.5. The van der Waals surface area contributed by atoms with Gasteiger partial charge in [-0.05, 0) is 103 Å². The summed E-state index contributed by atoms with van der Waals surface area (Å²) in [4.78, 5) is 13.5. The maximum Gasteiger partial charge on any atom is 0.189 e. The lowest BCUT2D eigenvalue weighted by Crippen LogP contribution is -2.58. The zero-order chi connectivity index (χ0) is 32.8. The van der Waals surface area contributed by atoms with Gasteiger partial charge in [0.25, 0.3) is 0 Å². The predicted molar refractivity (Wildman–Crippen MR) is 184 cm³/mol. The molecule has 0 radical (unpaired) electrons. The van der Waals surface area contributed by atoms with E-state index in [0.29, 0.717) is 31.1 Å². The normalized spacial score (nSPS) is 30.2. The molecule has 248 valence electrons. The van der Waals surface area contributed by atoms with Gasteiger partial charge in [0.2, 0.25) is 0 Å². The van der Waals surface area contributed by atoms with E-state index >= 15 is 0 Å². The van der Waals surface area contributed by atoms with E-state index in [-0.39, 0.29) is 48.3 Å². The molecular weight excluding hydrogens is 605 g/mol. The van der Waals surface area contributed by atoms with Gasteiger partial charge >= 0.3 is 0 Å². The molecule has 0 amide bonds. The molecule has 7 nitrogen and oxygen atoms in total. The van der Waals surface area contributed by atoms with E-state index in [0.717, 1.165) is 28.7 Å². The monoisotopic (exact) mass is 662 g/mol. The highest BCUT2D eigenvalue weighted by Gasteiger charge is 2.51. The van der Waals surface area contributed by atoms with Crippen LogP contribution >= 0.6 is 0 Å². The number of rotatable bonds is 13. The standard InChI is InChI=1S/C34H58O7Si3/c1-21(27-17-24-14-15-26(36-4)19-28(24)31(27)35)16-29-34(41-44(11,12)13)33(40-43(8,9)10)25(20-37-29)18-30-32(38-30)22(2)23(3)39-42(5,6)7/h14-15,19,22-23,25,29-30,32-34H,16-18,20H2,1-13H3/t22-,23+,25+,29+,30+,32+,33-,34-/m1/s1. The molecule has 1 aliphatic carbocycles. The third kappa shape index (κ3) is 9.24.